The summed E-state index contributed by atoms with van der Waals surface area (Å²) in [5.41, 5.74) is 3.01. The molecule has 3 aromatic rings. The number of carbonyl (C=O) groups excluding carboxylic acids is 1. The molecule has 0 aliphatic carbocycles. The lowest BCUT2D eigenvalue weighted by Gasteiger charge is -2.33. The molecule has 10 heteroatoms. The van der Waals surface area contributed by atoms with E-state index in [1.165, 1.54) is 4.31 Å². The van der Waals surface area contributed by atoms with Crippen molar-refractivity contribution in [3.8, 4) is 11.3 Å². The van der Waals surface area contributed by atoms with Crippen molar-refractivity contribution in [1.82, 2.24) is 24.0 Å². The van der Waals surface area contributed by atoms with Crippen molar-refractivity contribution in [2.24, 2.45) is 0 Å². The molecule has 0 atom stereocenters. The Morgan fingerprint density at radius 2 is 1.78 bits per heavy atom. The van der Waals surface area contributed by atoms with Crippen molar-refractivity contribution in [2.45, 2.75) is 37.6 Å². The van der Waals surface area contributed by atoms with Crippen LogP contribution in [0.1, 0.15) is 34.9 Å². The summed E-state index contributed by atoms with van der Waals surface area (Å²) in [5.74, 6) is 0.427. The fraction of sp³-hybridized carbons (Fsp3) is 0.409. The lowest BCUT2D eigenvalue weighted by atomic mass is 10.1. The molecular weight excluding hydrogens is 430 g/mol. The van der Waals surface area contributed by atoms with Crippen LogP contribution in [-0.4, -0.2) is 64.5 Å². The average molecular weight is 456 g/mol. The number of piperazine rings is 1. The number of oxazole rings is 1. The Morgan fingerprint density at radius 1 is 1.03 bits per heavy atom. The van der Waals surface area contributed by atoms with Crippen LogP contribution in [0.3, 0.4) is 0 Å². The third kappa shape index (κ3) is 3.84. The van der Waals surface area contributed by atoms with Gasteiger partial charge in [-0.3, -0.25) is 9.48 Å². The normalized spacial score (nSPS) is 17.3. The molecule has 1 fully saturated rings. The van der Waals surface area contributed by atoms with Crippen LogP contribution in [0, 0.1) is 6.92 Å². The van der Waals surface area contributed by atoms with E-state index in [4.69, 9.17) is 4.42 Å². The second-order valence-electron chi connectivity index (χ2n) is 8.17. The summed E-state index contributed by atoms with van der Waals surface area (Å²) in [6, 6.07) is 8.50. The second kappa shape index (κ2) is 8.18. The molecule has 1 aromatic carbocycles. The van der Waals surface area contributed by atoms with Crippen molar-refractivity contribution in [3.63, 3.8) is 0 Å². The molecule has 0 N–H and O–H groups in total. The highest BCUT2D eigenvalue weighted by atomic mass is 32.2. The number of carbonyl (C=O) groups is 1. The molecular formula is C22H25N5O4S. The number of sulfonamides is 1. The van der Waals surface area contributed by atoms with Crippen LogP contribution in [0.5, 0.6) is 0 Å². The molecule has 0 unspecified atom stereocenters. The number of aromatic nitrogens is 3. The van der Waals surface area contributed by atoms with E-state index in [0.717, 1.165) is 37.1 Å². The third-order valence-corrected chi connectivity index (χ3v) is 7.98. The van der Waals surface area contributed by atoms with Gasteiger partial charge in [0.25, 0.3) is 5.91 Å². The number of rotatable bonds is 4. The fourth-order valence-electron chi connectivity index (χ4n) is 4.26. The Morgan fingerprint density at radius 3 is 2.44 bits per heavy atom. The molecule has 1 saturated heterocycles. The molecule has 5 rings (SSSR count). The Labute approximate surface area is 186 Å². The van der Waals surface area contributed by atoms with Gasteiger partial charge in [0, 0.05) is 50.9 Å². The highest BCUT2D eigenvalue weighted by molar-refractivity contribution is 7.89. The molecule has 0 radical (unpaired) electrons. The molecule has 0 saturated carbocycles. The quantitative estimate of drug-likeness (QED) is 0.598. The number of benzene rings is 1. The molecule has 0 bridgehead atoms. The van der Waals surface area contributed by atoms with Gasteiger partial charge in [-0.1, -0.05) is 12.1 Å². The SMILES string of the molecule is Cc1nc(-c2ccc(S(=O)(=O)N3CCN(C(=O)c4cc5n(n4)CCCC5)CC3)cc2)co1. The minimum absolute atomic E-state index is 0.129. The van der Waals surface area contributed by atoms with Crippen molar-refractivity contribution in [3.05, 3.63) is 53.9 Å². The van der Waals surface area contributed by atoms with Gasteiger partial charge in [-0.15, -0.1) is 0 Å². The van der Waals surface area contributed by atoms with Crippen LogP contribution >= 0.6 is 0 Å². The maximum atomic E-state index is 13.1. The summed E-state index contributed by atoms with van der Waals surface area (Å²) in [6.45, 7) is 3.81. The summed E-state index contributed by atoms with van der Waals surface area (Å²) in [5, 5.41) is 4.46. The topological polar surface area (TPSA) is 102 Å². The van der Waals surface area contributed by atoms with E-state index in [1.54, 1.807) is 42.4 Å². The van der Waals surface area contributed by atoms with Crippen LogP contribution in [0.25, 0.3) is 11.3 Å². The van der Waals surface area contributed by atoms with Crippen molar-refractivity contribution >= 4 is 15.9 Å². The predicted molar refractivity (Wildman–Crippen MR) is 117 cm³/mol. The molecule has 0 spiro atoms. The Hall–Kier alpha value is -2.98. The first kappa shape index (κ1) is 20.9. The van der Waals surface area contributed by atoms with E-state index in [9.17, 15) is 13.2 Å². The summed E-state index contributed by atoms with van der Waals surface area (Å²) in [7, 11) is -3.64. The Bertz CT molecular complexity index is 1210. The van der Waals surface area contributed by atoms with Crippen LogP contribution in [0.4, 0.5) is 0 Å². The molecule has 4 heterocycles. The lowest BCUT2D eigenvalue weighted by molar-refractivity contribution is 0.0691. The van der Waals surface area contributed by atoms with Gasteiger partial charge in [-0.2, -0.15) is 9.40 Å². The number of fused-ring (bicyclic) bond motifs is 1. The van der Waals surface area contributed by atoms with Crippen LogP contribution < -0.4 is 0 Å². The van der Waals surface area contributed by atoms with E-state index < -0.39 is 10.0 Å². The van der Waals surface area contributed by atoms with Gasteiger partial charge in [-0.25, -0.2) is 13.4 Å². The van der Waals surface area contributed by atoms with Gasteiger partial charge in [0.2, 0.25) is 10.0 Å². The molecule has 1 amide bonds. The maximum absolute atomic E-state index is 13.1. The van der Waals surface area contributed by atoms with Gasteiger partial charge in [0.05, 0.1) is 4.90 Å². The van der Waals surface area contributed by atoms with E-state index >= 15 is 0 Å². The van der Waals surface area contributed by atoms with Gasteiger partial charge in [0.15, 0.2) is 11.6 Å². The van der Waals surface area contributed by atoms with E-state index in [2.05, 4.69) is 10.1 Å². The summed E-state index contributed by atoms with van der Waals surface area (Å²) < 4.78 is 34.8. The molecule has 2 aromatic heterocycles. The maximum Gasteiger partial charge on any atom is 0.274 e. The minimum Gasteiger partial charge on any atom is -0.449 e. The standard InChI is InChI=1S/C22H25N5O4S/c1-16-23-21(15-31-16)17-5-7-19(8-6-17)32(29,30)26-12-10-25(11-13-26)22(28)20-14-18-4-2-3-9-27(18)24-20/h5-8,14-15H,2-4,9-13H2,1H3. The fourth-order valence-corrected chi connectivity index (χ4v) is 5.68. The van der Waals surface area contributed by atoms with Crippen LogP contribution in [-0.2, 0) is 23.0 Å². The van der Waals surface area contributed by atoms with E-state index in [-0.39, 0.29) is 23.9 Å². The van der Waals surface area contributed by atoms with Gasteiger partial charge in [-0.05, 0) is 37.5 Å². The highest BCUT2D eigenvalue weighted by Gasteiger charge is 2.31. The van der Waals surface area contributed by atoms with Gasteiger partial charge < -0.3 is 9.32 Å². The first-order valence-electron chi connectivity index (χ1n) is 10.8. The molecule has 2 aliphatic heterocycles. The molecule has 9 nitrogen and oxygen atoms in total. The minimum atomic E-state index is -3.64. The zero-order valence-electron chi connectivity index (χ0n) is 17.9. The third-order valence-electron chi connectivity index (χ3n) is 6.07. The molecule has 168 valence electrons. The smallest absolute Gasteiger partial charge is 0.274 e. The van der Waals surface area contributed by atoms with Crippen molar-refractivity contribution in [2.75, 3.05) is 26.2 Å². The van der Waals surface area contributed by atoms with Crippen LogP contribution in [0.15, 0.2) is 45.9 Å². The molecule has 32 heavy (non-hydrogen) atoms. The second-order valence-corrected chi connectivity index (χ2v) is 10.1. The lowest BCUT2D eigenvalue weighted by Crippen LogP contribution is -2.50. The summed E-state index contributed by atoms with van der Waals surface area (Å²) in [6.07, 6.45) is 4.69. The first-order valence-corrected chi connectivity index (χ1v) is 12.2. The summed E-state index contributed by atoms with van der Waals surface area (Å²) in [4.78, 5) is 19.1. The zero-order valence-corrected chi connectivity index (χ0v) is 18.7. The van der Waals surface area contributed by atoms with Gasteiger partial charge in [0.1, 0.15) is 12.0 Å². The van der Waals surface area contributed by atoms with Crippen LogP contribution in [0.2, 0.25) is 0 Å². The zero-order chi connectivity index (χ0) is 22.3. The van der Waals surface area contributed by atoms with E-state index in [0.29, 0.717) is 30.4 Å². The average Bonchev–Trinajstić information content (AvgIpc) is 3.45. The van der Waals surface area contributed by atoms with E-state index in [1.807, 2.05) is 10.7 Å². The Kier molecular flexibility index (Phi) is 5.34. The Balaban J connectivity index is 1.25. The molecule has 2 aliphatic rings. The summed E-state index contributed by atoms with van der Waals surface area (Å²) >= 11 is 0. The number of amides is 1. The van der Waals surface area contributed by atoms with Gasteiger partial charge >= 0.3 is 0 Å². The number of nitrogens with zero attached hydrogens (tertiary/aromatic N) is 5. The largest absolute Gasteiger partial charge is 0.449 e. The first-order chi connectivity index (χ1) is 15.4. The number of hydrogen-bond donors (Lipinski definition) is 0. The number of aryl methyl sites for hydroxylation is 3. The van der Waals surface area contributed by atoms with Crippen molar-refractivity contribution in [1.29, 1.82) is 0 Å². The number of hydrogen-bond acceptors (Lipinski definition) is 6. The monoisotopic (exact) mass is 455 g/mol. The van der Waals surface area contributed by atoms with Crippen molar-refractivity contribution < 1.29 is 17.6 Å². The highest BCUT2D eigenvalue weighted by Crippen LogP contribution is 2.24. The predicted octanol–water partition coefficient (Wildman–Crippen LogP) is 2.33.